The molecule has 0 aromatic heterocycles. The zero-order valence-electron chi connectivity index (χ0n) is 27.8. The van der Waals surface area contributed by atoms with Gasteiger partial charge < -0.3 is 29.3 Å². The van der Waals surface area contributed by atoms with Crippen LogP contribution in [0.2, 0.25) is 0 Å². The molecule has 47 heavy (non-hydrogen) atoms. The topological polar surface area (TPSA) is 117 Å². The fourth-order valence-electron chi connectivity index (χ4n) is 7.71. The first-order valence-corrected chi connectivity index (χ1v) is 17.8. The molecule has 4 heterocycles. The average molecular weight is 715 g/mol. The molecule has 8 atom stereocenters. The summed E-state index contributed by atoms with van der Waals surface area (Å²) in [6.07, 6.45) is 8.39. The second-order valence-electron chi connectivity index (χ2n) is 13.3. The molecule has 5 rings (SSSR count). The van der Waals surface area contributed by atoms with E-state index in [1.165, 1.54) is 0 Å². The summed E-state index contributed by atoms with van der Waals surface area (Å²) in [4.78, 5) is 62.1. The number of likely N-dealkylation sites (tertiary alicyclic amines) is 1. The first-order valence-electron chi connectivity index (χ1n) is 17.0. The van der Waals surface area contributed by atoms with Crippen LogP contribution in [0.25, 0.3) is 0 Å². The number of carbonyl (C=O) groups is 4. The normalized spacial score (nSPS) is 32.8. The number of cyclic esters (lactones) is 1. The molecular formula is C36H48BrN3O7. The molecule has 0 radical (unpaired) electrons. The first kappa shape index (κ1) is 35.3. The number of amides is 3. The van der Waals surface area contributed by atoms with Crippen LogP contribution in [0.4, 0.5) is 0 Å². The summed E-state index contributed by atoms with van der Waals surface area (Å²) >= 11 is 3.63. The monoisotopic (exact) mass is 713 g/mol. The lowest BCUT2D eigenvalue weighted by Gasteiger charge is -2.38. The van der Waals surface area contributed by atoms with Crippen molar-refractivity contribution in [3.8, 4) is 0 Å². The van der Waals surface area contributed by atoms with E-state index in [9.17, 15) is 24.3 Å². The molecule has 1 spiro atoms. The molecular weight excluding hydrogens is 666 g/mol. The van der Waals surface area contributed by atoms with Crippen molar-refractivity contribution in [3.05, 3.63) is 58.6 Å². The Kier molecular flexibility index (Phi) is 11.3. The van der Waals surface area contributed by atoms with Crippen molar-refractivity contribution < 1.29 is 33.8 Å². The molecule has 3 amide bonds. The van der Waals surface area contributed by atoms with Gasteiger partial charge >= 0.3 is 5.97 Å². The van der Waals surface area contributed by atoms with Crippen molar-refractivity contribution in [2.75, 3.05) is 26.7 Å². The van der Waals surface area contributed by atoms with Crippen molar-refractivity contribution in [1.29, 1.82) is 0 Å². The van der Waals surface area contributed by atoms with Crippen molar-refractivity contribution >= 4 is 39.6 Å². The lowest BCUT2D eigenvalue weighted by molar-refractivity contribution is -0.164. The number of hydrogen-bond donors (Lipinski definition) is 1. The Balaban J connectivity index is 1.61. The molecule has 11 heteroatoms. The molecule has 1 N–H and O–H groups in total. The number of likely N-dealkylation sites (N-methyl/N-ethyl adjacent to an activating group) is 1. The number of nitrogens with zero attached hydrogens (tertiary/aromatic N) is 3. The largest absolute Gasteiger partial charge is 0.455 e. The molecule has 0 aliphatic carbocycles. The van der Waals surface area contributed by atoms with Gasteiger partial charge in [-0.25, -0.2) is 0 Å². The smallest absolute Gasteiger partial charge is 0.313 e. The third-order valence-electron chi connectivity index (χ3n) is 10.3. The van der Waals surface area contributed by atoms with E-state index >= 15 is 0 Å². The van der Waals surface area contributed by atoms with Gasteiger partial charge in [-0.15, -0.1) is 0 Å². The van der Waals surface area contributed by atoms with E-state index in [4.69, 9.17) is 9.47 Å². The van der Waals surface area contributed by atoms with Gasteiger partial charge in [0.25, 0.3) is 0 Å². The molecule has 1 aromatic carbocycles. The van der Waals surface area contributed by atoms with E-state index in [0.29, 0.717) is 43.3 Å². The van der Waals surface area contributed by atoms with Gasteiger partial charge in [-0.3, -0.25) is 19.2 Å². The predicted octanol–water partition coefficient (Wildman–Crippen LogP) is 4.52. The number of aliphatic hydroxyl groups excluding tert-OH is 1. The maximum atomic E-state index is 14.8. The Morgan fingerprint density at radius 3 is 2.49 bits per heavy atom. The number of fused-ring (bicyclic) bond motifs is 2. The molecule has 0 saturated carbocycles. The maximum absolute atomic E-state index is 14.8. The number of esters is 1. The Morgan fingerprint density at radius 2 is 1.79 bits per heavy atom. The van der Waals surface area contributed by atoms with Crippen LogP contribution in [-0.4, -0.2) is 100 Å². The van der Waals surface area contributed by atoms with Gasteiger partial charge in [0.1, 0.15) is 29.8 Å². The van der Waals surface area contributed by atoms with Gasteiger partial charge in [-0.2, -0.15) is 0 Å². The molecule has 256 valence electrons. The van der Waals surface area contributed by atoms with Crippen molar-refractivity contribution in [3.63, 3.8) is 0 Å². The average Bonchev–Trinajstić information content (AvgIpc) is 3.65. The molecule has 1 aromatic rings. The van der Waals surface area contributed by atoms with Crippen LogP contribution in [-0.2, 0) is 28.7 Å². The summed E-state index contributed by atoms with van der Waals surface area (Å²) < 4.78 is 13.6. The number of allylic oxidation sites excluding steroid dienone is 1. The van der Waals surface area contributed by atoms with Crippen LogP contribution in [0.3, 0.4) is 0 Å². The summed E-state index contributed by atoms with van der Waals surface area (Å²) in [6, 6.07) is 7.73. The van der Waals surface area contributed by atoms with Crippen molar-refractivity contribution in [2.45, 2.75) is 102 Å². The lowest BCUT2D eigenvalue weighted by Crippen LogP contribution is -2.57. The fraction of sp³-hybridized carbons (Fsp3) is 0.611. The summed E-state index contributed by atoms with van der Waals surface area (Å²) in [6.45, 7) is 6.61. The third-order valence-corrected chi connectivity index (χ3v) is 11.0. The Labute approximate surface area is 286 Å². The number of ether oxygens (including phenoxy) is 2. The highest BCUT2D eigenvalue weighted by Gasteiger charge is 2.75. The Bertz CT molecular complexity index is 1390. The zero-order chi connectivity index (χ0) is 33.9. The van der Waals surface area contributed by atoms with Gasteiger partial charge in [0.05, 0.1) is 12.0 Å². The molecule has 2 saturated heterocycles. The molecule has 5 bridgehead atoms. The minimum absolute atomic E-state index is 0.0493. The minimum Gasteiger partial charge on any atom is -0.455 e. The summed E-state index contributed by atoms with van der Waals surface area (Å²) in [7, 11) is 1.72. The third kappa shape index (κ3) is 6.68. The van der Waals surface area contributed by atoms with E-state index in [-0.39, 0.29) is 36.8 Å². The van der Waals surface area contributed by atoms with Gasteiger partial charge in [-0.1, -0.05) is 71.8 Å². The molecule has 2 fully saturated rings. The van der Waals surface area contributed by atoms with Gasteiger partial charge in [-0.05, 0) is 57.6 Å². The summed E-state index contributed by atoms with van der Waals surface area (Å²) in [5, 5.41) is 9.37. The number of aliphatic hydroxyl groups is 1. The van der Waals surface area contributed by atoms with E-state index < -0.39 is 47.7 Å². The molecule has 4 aliphatic heterocycles. The van der Waals surface area contributed by atoms with Crippen LogP contribution in [0.5, 0.6) is 0 Å². The molecule has 10 nitrogen and oxygen atoms in total. The van der Waals surface area contributed by atoms with Crippen molar-refractivity contribution in [1.82, 2.24) is 14.7 Å². The van der Waals surface area contributed by atoms with Gasteiger partial charge in [0.2, 0.25) is 17.7 Å². The molecule has 4 aliphatic rings. The second kappa shape index (κ2) is 15.0. The quantitative estimate of drug-likeness (QED) is 0.227. The Morgan fingerprint density at radius 1 is 1.04 bits per heavy atom. The van der Waals surface area contributed by atoms with E-state index in [1.54, 1.807) is 21.7 Å². The van der Waals surface area contributed by atoms with Crippen LogP contribution < -0.4 is 0 Å². The van der Waals surface area contributed by atoms with Crippen LogP contribution in [0.15, 0.2) is 53.0 Å². The van der Waals surface area contributed by atoms with Gasteiger partial charge in [0.15, 0.2) is 0 Å². The van der Waals surface area contributed by atoms with Crippen molar-refractivity contribution in [2.24, 2.45) is 11.8 Å². The van der Waals surface area contributed by atoms with E-state index in [1.807, 2.05) is 62.4 Å². The highest BCUT2D eigenvalue weighted by molar-refractivity contribution is 9.11. The van der Waals surface area contributed by atoms with Crippen LogP contribution in [0.1, 0.15) is 77.4 Å². The number of carbonyl (C=O) groups excluding carboxylic acids is 4. The number of benzene rings is 1. The van der Waals surface area contributed by atoms with E-state index in [0.717, 1.165) is 18.4 Å². The predicted molar refractivity (Wildman–Crippen MR) is 180 cm³/mol. The fourth-order valence-corrected chi connectivity index (χ4v) is 8.44. The van der Waals surface area contributed by atoms with E-state index in [2.05, 4.69) is 22.9 Å². The SMILES string of the molecule is CCCC(C)N1C/C=C\CCC(=O)N(C)[C@H](C)[C@@H](c2ccccc2)OC(=O)[C@@H]2[C@H]3O[C@@]4(C=C3Br)[C@H](C1=O)N(CCCCCO)C(=O)[C@@H]24. The highest BCUT2D eigenvalue weighted by Crippen LogP contribution is 2.59. The number of halogens is 1. The lowest BCUT2D eigenvalue weighted by atomic mass is 9.74. The second-order valence-corrected chi connectivity index (χ2v) is 14.2. The standard InChI is InChI=1S/C36H48BrN3O7/c1-5-15-23(2)39-19-12-7-11-18-27(42)38(4)24(3)30(25-16-9-6-10-17-25)46-35(45)28-29-33(43)40(20-13-8-14-21-41)32(34(39)44)36(29)22-26(37)31(28)47-36/h6-7,9-10,12,16-17,22-24,28-32,41H,5,8,11,13-15,18-21H2,1-4H3/b12-7-/t23?,24-,28+,29-,30+,31+,32+,36-/m1/s1. The maximum Gasteiger partial charge on any atom is 0.313 e. The van der Waals surface area contributed by atoms with Crippen LogP contribution >= 0.6 is 15.9 Å². The summed E-state index contributed by atoms with van der Waals surface area (Å²) in [5.41, 5.74) is -0.614. The van der Waals surface area contributed by atoms with Crippen LogP contribution in [0, 0.1) is 11.8 Å². The molecule has 1 unspecified atom stereocenters. The summed E-state index contributed by atoms with van der Waals surface area (Å²) in [5.74, 6) is -3.16. The highest BCUT2D eigenvalue weighted by atomic mass is 79.9. The zero-order valence-corrected chi connectivity index (χ0v) is 29.4. The minimum atomic E-state index is -1.35. The number of hydrogen-bond acceptors (Lipinski definition) is 7. The van der Waals surface area contributed by atoms with Gasteiger partial charge in [0, 0.05) is 43.7 Å². The number of unbranched alkanes of at least 4 members (excludes halogenated alkanes) is 2. The number of rotatable bonds is 9. The Hall–Kier alpha value is -3.02. The first-order chi connectivity index (χ1) is 22.6.